The maximum Gasteiger partial charge on any atom is 0.152 e. The largest absolute Gasteiger partial charge is 0.457 e. The highest BCUT2D eigenvalue weighted by atomic mass is 32.2. The molecule has 1 N–H and O–H groups in total. The molecule has 1 saturated heterocycles. The van der Waals surface area contributed by atoms with Gasteiger partial charge in [0.2, 0.25) is 0 Å². The molecule has 5 heteroatoms. The number of para-hydroxylation sites is 1. The highest BCUT2D eigenvalue weighted by Crippen LogP contribution is 2.25. The Labute approximate surface area is 124 Å². The van der Waals surface area contributed by atoms with Crippen LogP contribution in [0.2, 0.25) is 0 Å². The second-order valence-electron chi connectivity index (χ2n) is 5.19. The summed E-state index contributed by atoms with van der Waals surface area (Å²) in [5, 5.41) is 3.26. The lowest BCUT2D eigenvalue weighted by Crippen LogP contribution is -2.20. The maximum absolute atomic E-state index is 11.5. The Kier molecular flexibility index (Phi) is 3.84. The quantitative estimate of drug-likeness (QED) is 0.943. The van der Waals surface area contributed by atoms with Crippen molar-refractivity contribution in [3.8, 4) is 11.5 Å². The minimum atomic E-state index is -2.87. The van der Waals surface area contributed by atoms with Crippen LogP contribution in [0, 0.1) is 0 Å². The highest BCUT2D eigenvalue weighted by molar-refractivity contribution is 7.91. The van der Waals surface area contributed by atoms with Crippen LogP contribution in [0.4, 0.5) is 5.69 Å². The van der Waals surface area contributed by atoms with E-state index in [4.69, 9.17) is 4.74 Å². The number of anilines is 1. The Morgan fingerprint density at radius 2 is 1.76 bits per heavy atom. The van der Waals surface area contributed by atoms with Gasteiger partial charge in [0.05, 0.1) is 11.5 Å². The zero-order valence-corrected chi connectivity index (χ0v) is 12.3. The van der Waals surface area contributed by atoms with E-state index in [9.17, 15) is 8.42 Å². The van der Waals surface area contributed by atoms with Gasteiger partial charge in [0, 0.05) is 17.8 Å². The lowest BCUT2D eigenvalue weighted by Gasteiger charge is -2.13. The van der Waals surface area contributed by atoms with E-state index in [1.165, 1.54) is 0 Å². The number of sulfone groups is 1. The van der Waals surface area contributed by atoms with Crippen molar-refractivity contribution in [2.45, 2.75) is 12.5 Å². The number of hydrogen-bond donors (Lipinski definition) is 1. The molecule has 4 nitrogen and oxygen atoms in total. The normalized spacial score (nSPS) is 20.1. The van der Waals surface area contributed by atoms with E-state index in [-0.39, 0.29) is 17.5 Å². The van der Waals surface area contributed by atoms with Crippen LogP contribution in [0.3, 0.4) is 0 Å². The topological polar surface area (TPSA) is 55.4 Å². The first-order chi connectivity index (χ1) is 10.1. The van der Waals surface area contributed by atoms with Crippen LogP contribution in [0.1, 0.15) is 6.42 Å². The SMILES string of the molecule is O=S1(=O)CCC(Nc2cccc(Oc3ccccc3)c2)C1. The molecule has 0 spiro atoms. The van der Waals surface area contributed by atoms with Crippen molar-refractivity contribution < 1.29 is 13.2 Å². The average Bonchev–Trinajstić information content (AvgIpc) is 2.79. The molecule has 1 heterocycles. The van der Waals surface area contributed by atoms with Crippen molar-refractivity contribution in [3.05, 3.63) is 54.6 Å². The number of hydrogen-bond acceptors (Lipinski definition) is 4. The van der Waals surface area contributed by atoms with Crippen LogP contribution in [-0.4, -0.2) is 26.0 Å². The molecular formula is C16H17NO3S. The van der Waals surface area contributed by atoms with Crippen molar-refractivity contribution in [3.63, 3.8) is 0 Å². The lowest BCUT2D eigenvalue weighted by atomic mass is 10.2. The predicted molar refractivity (Wildman–Crippen MR) is 83.6 cm³/mol. The molecule has 0 aliphatic carbocycles. The van der Waals surface area contributed by atoms with Gasteiger partial charge in [-0.3, -0.25) is 0 Å². The monoisotopic (exact) mass is 303 g/mol. The van der Waals surface area contributed by atoms with Gasteiger partial charge in [0.25, 0.3) is 0 Å². The van der Waals surface area contributed by atoms with Gasteiger partial charge in [-0.25, -0.2) is 8.42 Å². The fraction of sp³-hybridized carbons (Fsp3) is 0.250. The third-order valence-corrected chi connectivity index (χ3v) is 5.18. The van der Waals surface area contributed by atoms with Gasteiger partial charge in [-0.05, 0) is 30.7 Å². The summed E-state index contributed by atoms with van der Waals surface area (Å²) in [6.07, 6.45) is 0.659. The zero-order chi connectivity index (χ0) is 14.7. The van der Waals surface area contributed by atoms with Gasteiger partial charge in [0.1, 0.15) is 11.5 Å². The van der Waals surface area contributed by atoms with Crippen molar-refractivity contribution >= 4 is 15.5 Å². The van der Waals surface area contributed by atoms with Crippen LogP contribution >= 0.6 is 0 Å². The van der Waals surface area contributed by atoms with Gasteiger partial charge in [-0.15, -0.1) is 0 Å². The molecule has 2 aromatic rings. The minimum absolute atomic E-state index is 0.0121. The second kappa shape index (κ2) is 5.77. The molecule has 1 aliphatic heterocycles. The summed E-state index contributed by atoms with van der Waals surface area (Å²) in [6, 6.07) is 17.1. The molecule has 0 aromatic heterocycles. The van der Waals surface area contributed by atoms with Gasteiger partial charge in [-0.1, -0.05) is 24.3 Å². The van der Waals surface area contributed by atoms with Crippen molar-refractivity contribution in [2.75, 3.05) is 16.8 Å². The Bertz CT molecular complexity index is 713. The molecule has 110 valence electrons. The smallest absolute Gasteiger partial charge is 0.152 e. The minimum Gasteiger partial charge on any atom is -0.457 e. The Balaban J connectivity index is 1.69. The predicted octanol–water partition coefficient (Wildman–Crippen LogP) is 3.08. The summed E-state index contributed by atoms with van der Waals surface area (Å²) in [4.78, 5) is 0. The first-order valence-corrected chi connectivity index (χ1v) is 8.73. The lowest BCUT2D eigenvalue weighted by molar-refractivity contribution is 0.483. The summed E-state index contributed by atoms with van der Waals surface area (Å²) in [7, 11) is -2.87. The third-order valence-electron chi connectivity index (χ3n) is 3.42. The van der Waals surface area contributed by atoms with E-state index in [2.05, 4.69) is 5.32 Å². The highest BCUT2D eigenvalue weighted by Gasteiger charge is 2.27. The molecule has 1 fully saturated rings. The van der Waals surface area contributed by atoms with Gasteiger partial charge in [-0.2, -0.15) is 0 Å². The molecule has 0 saturated carbocycles. The molecule has 0 radical (unpaired) electrons. The van der Waals surface area contributed by atoms with E-state index < -0.39 is 9.84 Å². The van der Waals surface area contributed by atoms with E-state index in [0.29, 0.717) is 6.42 Å². The molecule has 0 bridgehead atoms. The van der Waals surface area contributed by atoms with E-state index in [1.807, 2.05) is 54.6 Å². The fourth-order valence-electron chi connectivity index (χ4n) is 2.42. The first-order valence-electron chi connectivity index (χ1n) is 6.91. The summed E-state index contributed by atoms with van der Waals surface area (Å²) >= 11 is 0. The molecule has 1 unspecified atom stereocenters. The number of benzene rings is 2. The summed E-state index contributed by atoms with van der Waals surface area (Å²) in [6.45, 7) is 0. The fourth-order valence-corrected chi connectivity index (χ4v) is 4.09. The van der Waals surface area contributed by atoms with Crippen LogP contribution in [0.15, 0.2) is 54.6 Å². The molecule has 3 rings (SSSR count). The van der Waals surface area contributed by atoms with E-state index in [1.54, 1.807) is 0 Å². The summed E-state index contributed by atoms with van der Waals surface area (Å²) < 4.78 is 28.7. The van der Waals surface area contributed by atoms with Gasteiger partial charge < -0.3 is 10.1 Å². The van der Waals surface area contributed by atoms with Crippen LogP contribution in [-0.2, 0) is 9.84 Å². The number of nitrogens with one attached hydrogen (secondary N) is 1. The van der Waals surface area contributed by atoms with Crippen LogP contribution in [0.5, 0.6) is 11.5 Å². The molecular weight excluding hydrogens is 286 g/mol. The molecule has 0 amide bonds. The van der Waals surface area contributed by atoms with Crippen molar-refractivity contribution in [1.82, 2.24) is 0 Å². The van der Waals surface area contributed by atoms with Gasteiger partial charge >= 0.3 is 0 Å². The van der Waals surface area contributed by atoms with Gasteiger partial charge in [0.15, 0.2) is 9.84 Å². The molecule has 21 heavy (non-hydrogen) atoms. The number of rotatable bonds is 4. The Hall–Kier alpha value is -2.01. The Morgan fingerprint density at radius 1 is 1.00 bits per heavy atom. The second-order valence-corrected chi connectivity index (χ2v) is 7.42. The first kappa shape index (κ1) is 13.9. The Morgan fingerprint density at radius 3 is 2.48 bits per heavy atom. The summed E-state index contributed by atoms with van der Waals surface area (Å²) in [5.41, 5.74) is 0.880. The molecule has 1 aliphatic rings. The molecule has 1 atom stereocenters. The zero-order valence-electron chi connectivity index (χ0n) is 11.5. The van der Waals surface area contributed by atoms with Crippen LogP contribution in [0.25, 0.3) is 0 Å². The summed E-state index contributed by atoms with van der Waals surface area (Å²) in [5.74, 6) is 1.98. The van der Waals surface area contributed by atoms with E-state index in [0.717, 1.165) is 17.2 Å². The standard InChI is InChI=1S/C16H17NO3S/c18-21(19)10-9-14(12-21)17-13-5-4-8-16(11-13)20-15-6-2-1-3-7-15/h1-8,11,14,17H,9-10,12H2. The number of ether oxygens (including phenoxy) is 1. The maximum atomic E-state index is 11.5. The average molecular weight is 303 g/mol. The van der Waals surface area contributed by atoms with E-state index >= 15 is 0 Å². The van der Waals surface area contributed by atoms with Crippen molar-refractivity contribution in [2.24, 2.45) is 0 Å². The van der Waals surface area contributed by atoms with Crippen LogP contribution < -0.4 is 10.1 Å². The molecule has 2 aromatic carbocycles. The van der Waals surface area contributed by atoms with Crippen molar-refractivity contribution in [1.29, 1.82) is 0 Å². The third kappa shape index (κ3) is 3.76.